The Kier molecular flexibility index (Phi) is 5.22. The molecule has 1 fully saturated rings. The summed E-state index contributed by atoms with van der Waals surface area (Å²) in [6, 6.07) is 2.24. The van der Waals surface area contributed by atoms with Crippen LogP contribution in [0, 0.1) is 0 Å². The maximum atomic E-state index is 11.9. The van der Waals surface area contributed by atoms with Crippen LogP contribution in [0.2, 0.25) is 0 Å². The second-order valence-electron chi connectivity index (χ2n) is 5.23. The van der Waals surface area contributed by atoms with Crippen LogP contribution in [0.4, 0.5) is 0 Å². The van der Waals surface area contributed by atoms with Gasteiger partial charge in [0.05, 0.1) is 4.88 Å². The second-order valence-corrected chi connectivity index (χ2v) is 7.06. The van der Waals surface area contributed by atoms with E-state index in [1.807, 2.05) is 11.4 Å². The lowest BCUT2D eigenvalue weighted by molar-refractivity contribution is -0.122. The van der Waals surface area contributed by atoms with Gasteiger partial charge in [0.1, 0.15) is 0 Å². The molecule has 118 valence electrons. The Bertz CT molecular complexity index is 636. The van der Waals surface area contributed by atoms with E-state index in [2.05, 4.69) is 36.7 Å². The Morgan fingerprint density at radius 1 is 1.50 bits per heavy atom. The molecule has 3 heterocycles. The highest BCUT2D eigenvalue weighted by Crippen LogP contribution is 2.27. The van der Waals surface area contributed by atoms with Crippen molar-refractivity contribution in [3.05, 3.63) is 21.8 Å². The lowest BCUT2D eigenvalue weighted by Gasteiger charge is -2.23. The van der Waals surface area contributed by atoms with Gasteiger partial charge in [-0.25, -0.2) is 0 Å². The van der Waals surface area contributed by atoms with Gasteiger partial charge in [-0.15, -0.1) is 11.3 Å². The Labute approximate surface area is 140 Å². The van der Waals surface area contributed by atoms with E-state index in [1.54, 1.807) is 11.3 Å². The van der Waals surface area contributed by atoms with Crippen molar-refractivity contribution in [2.75, 3.05) is 13.1 Å². The van der Waals surface area contributed by atoms with Gasteiger partial charge in [0.15, 0.2) is 0 Å². The summed E-state index contributed by atoms with van der Waals surface area (Å²) >= 11 is 4.95. The smallest absolute Gasteiger partial charge is 0.227 e. The molecule has 0 unspecified atom stereocenters. The molecule has 8 heteroatoms. The molecule has 1 amide bonds. The first kappa shape index (κ1) is 15.6. The maximum Gasteiger partial charge on any atom is 0.227 e. The standard InChI is InChI=1S/C14H17BrN4O2S/c15-9-7-11(22-8-9)14-18-13(21-19-14)2-1-12(20)17-10-3-5-16-6-4-10/h7-8,10,16H,1-6H2,(H,17,20). The zero-order chi connectivity index (χ0) is 15.4. The summed E-state index contributed by atoms with van der Waals surface area (Å²) in [5.74, 6) is 1.12. The van der Waals surface area contributed by atoms with E-state index in [0.29, 0.717) is 24.6 Å². The number of nitrogens with one attached hydrogen (secondary N) is 2. The van der Waals surface area contributed by atoms with Crippen LogP contribution in [0.3, 0.4) is 0 Å². The summed E-state index contributed by atoms with van der Waals surface area (Å²) in [7, 11) is 0. The number of nitrogens with zero attached hydrogens (tertiary/aromatic N) is 2. The van der Waals surface area contributed by atoms with Crippen LogP contribution in [-0.2, 0) is 11.2 Å². The van der Waals surface area contributed by atoms with E-state index in [-0.39, 0.29) is 11.9 Å². The first-order chi connectivity index (χ1) is 10.7. The third-order valence-electron chi connectivity index (χ3n) is 3.53. The Balaban J connectivity index is 1.49. The van der Waals surface area contributed by atoms with Gasteiger partial charge in [-0.3, -0.25) is 4.79 Å². The molecule has 1 saturated heterocycles. The van der Waals surface area contributed by atoms with Gasteiger partial charge in [-0.05, 0) is 47.9 Å². The topological polar surface area (TPSA) is 80.0 Å². The van der Waals surface area contributed by atoms with E-state index in [4.69, 9.17) is 4.52 Å². The third kappa shape index (κ3) is 4.15. The van der Waals surface area contributed by atoms with Crippen LogP contribution in [0.15, 0.2) is 20.4 Å². The average molecular weight is 385 g/mol. The molecular weight excluding hydrogens is 368 g/mol. The van der Waals surface area contributed by atoms with Crippen LogP contribution < -0.4 is 10.6 Å². The van der Waals surface area contributed by atoms with Crippen molar-refractivity contribution in [2.45, 2.75) is 31.7 Å². The Hall–Kier alpha value is -1.25. The lowest BCUT2D eigenvalue weighted by Crippen LogP contribution is -2.42. The quantitative estimate of drug-likeness (QED) is 0.826. The molecule has 6 nitrogen and oxygen atoms in total. The number of amides is 1. The van der Waals surface area contributed by atoms with Crippen LogP contribution in [0.5, 0.6) is 0 Å². The normalized spacial score (nSPS) is 15.9. The minimum absolute atomic E-state index is 0.0468. The first-order valence-corrected chi connectivity index (χ1v) is 8.95. The summed E-state index contributed by atoms with van der Waals surface area (Å²) in [5.41, 5.74) is 0. The number of halogens is 1. The summed E-state index contributed by atoms with van der Waals surface area (Å²) in [5, 5.41) is 12.3. The SMILES string of the molecule is O=C(CCc1nc(-c2cc(Br)cs2)no1)NC1CCNCC1. The van der Waals surface area contributed by atoms with Crippen LogP contribution in [-0.4, -0.2) is 35.2 Å². The van der Waals surface area contributed by atoms with Gasteiger partial charge < -0.3 is 15.2 Å². The molecule has 0 aromatic carbocycles. The van der Waals surface area contributed by atoms with Crippen molar-refractivity contribution in [2.24, 2.45) is 0 Å². The van der Waals surface area contributed by atoms with Gasteiger partial charge in [-0.2, -0.15) is 4.98 Å². The van der Waals surface area contributed by atoms with Crippen molar-refractivity contribution in [3.8, 4) is 10.7 Å². The number of carbonyl (C=O) groups is 1. The van der Waals surface area contributed by atoms with Gasteiger partial charge in [0.2, 0.25) is 17.6 Å². The zero-order valence-electron chi connectivity index (χ0n) is 12.0. The molecule has 2 N–H and O–H groups in total. The predicted octanol–water partition coefficient (Wildman–Crippen LogP) is 2.36. The largest absolute Gasteiger partial charge is 0.353 e. The molecule has 1 aliphatic heterocycles. The fraction of sp³-hybridized carbons (Fsp3) is 0.500. The number of aryl methyl sites for hydroxylation is 1. The first-order valence-electron chi connectivity index (χ1n) is 7.28. The van der Waals surface area contributed by atoms with Crippen molar-refractivity contribution in [1.82, 2.24) is 20.8 Å². The Morgan fingerprint density at radius 3 is 3.05 bits per heavy atom. The van der Waals surface area contributed by atoms with Gasteiger partial charge in [0, 0.05) is 28.7 Å². The van der Waals surface area contributed by atoms with Crippen LogP contribution >= 0.6 is 27.3 Å². The number of piperidine rings is 1. The van der Waals surface area contributed by atoms with Crippen molar-refractivity contribution in [3.63, 3.8) is 0 Å². The number of thiophene rings is 1. The van der Waals surface area contributed by atoms with Gasteiger partial charge >= 0.3 is 0 Å². The molecule has 3 rings (SSSR count). The summed E-state index contributed by atoms with van der Waals surface area (Å²) in [4.78, 5) is 17.2. The van der Waals surface area contributed by atoms with E-state index in [1.165, 1.54) is 0 Å². The molecule has 0 bridgehead atoms. The predicted molar refractivity (Wildman–Crippen MR) is 87.7 cm³/mol. The minimum Gasteiger partial charge on any atom is -0.353 e. The highest BCUT2D eigenvalue weighted by Gasteiger charge is 2.16. The Morgan fingerprint density at radius 2 is 2.32 bits per heavy atom. The highest BCUT2D eigenvalue weighted by atomic mass is 79.9. The second kappa shape index (κ2) is 7.34. The van der Waals surface area contributed by atoms with Crippen molar-refractivity contribution in [1.29, 1.82) is 0 Å². The molecule has 0 aliphatic carbocycles. The third-order valence-corrected chi connectivity index (χ3v) is 5.21. The molecule has 2 aromatic rings. The lowest BCUT2D eigenvalue weighted by atomic mass is 10.1. The van der Waals surface area contributed by atoms with E-state index >= 15 is 0 Å². The maximum absolute atomic E-state index is 11.9. The monoisotopic (exact) mass is 384 g/mol. The summed E-state index contributed by atoms with van der Waals surface area (Å²) in [6.07, 6.45) is 2.82. The van der Waals surface area contributed by atoms with E-state index in [0.717, 1.165) is 35.3 Å². The van der Waals surface area contributed by atoms with E-state index in [9.17, 15) is 4.79 Å². The molecule has 0 spiro atoms. The van der Waals surface area contributed by atoms with Crippen LogP contribution in [0.1, 0.15) is 25.2 Å². The number of rotatable bonds is 5. The molecule has 22 heavy (non-hydrogen) atoms. The van der Waals surface area contributed by atoms with Crippen molar-refractivity contribution >= 4 is 33.2 Å². The molecule has 0 radical (unpaired) electrons. The van der Waals surface area contributed by atoms with Crippen LogP contribution in [0.25, 0.3) is 10.7 Å². The average Bonchev–Trinajstić information content (AvgIpc) is 3.15. The molecule has 2 aromatic heterocycles. The number of hydrogen-bond acceptors (Lipinski definition) is 6. The van der Waals surface area contributed by atoms with Gasteiger partial charge in [-0.1, -0.05) is 5.16 Å². The molecule has 1 aliphatic rings. The molecule has 0 atom stereocenters. The number of hydrogen-bond donors (Lipinski definition) is 2. The summed E-state index contributed by atoms with van der Waals surface area (Å²) in [6.45, 7) is 1.93. The minimum atomic E-state index is 0.0468. The molecular formula is C14H17BrN4O2S. The highest BCUT2D eigenvalue weighted by molar-refractivity contribution is 9.10. The fourth-order valence-electron chi connectivity index (χ4n) is 2.37. The number of carbonyl (C=O) groups excluding carboxylic acids is 1. The number of aromatic nitrogens is 2. The zero-order valence-corrected chi connectivity index (χ0v) is 14.4. The summed E-state index contributed by atoms with van der Waals surface area (Å²) < 4.78 is 6.21. The van der Waals surface area contributed by atoms with E-state index < -0.39 is 0 Å². The molecule has 0 saturated carbocycles. The fourth-order valence-corrected chi connectivity index (χ4v) is 3.73. The van der Waals surface area contributed by atoms with Gasteiger partial charge in [0.25, 0.3) is 0 Å². The van der Waals surface area contributed by atoms with Crippen molar-refractivity contribution < 1.29 is 9.32 Å².